The van der Waals surface area contributed by atoms with E-state index in [-0.39, 0.29) is 17.3 Å². The molecule has 0 spiro atoms. The van der Waals surface area contributed by atoms with Crippen molar-refractivity contribution in [1.29, 1.82) is 0 Å². The third kappa shape index (κ3) is 4.41. The van der Waals surface area contributed by atoms with Gasteiger partial charge in [0.25, 0.3) is 5.91 Å². The van der Waals surface area contributed by atoms with Crippen molar-refractivity contribution < 1.29 is 13.2 Å². The van der Waals surface area contributed by atoms with Gasteiger partial charge in [-0.15, -0.1) is 0 Å². The van der Waals surface area contributed by atoms with Gasteiger partial charge in [-0.05, 0) is 30.3 Å². The summed E-state index contributed by atoms with van der Waals surface area (Å²) in [5.74, 6) is -0.311. The van der Waals surface area contributed by atoms with Crippen molar-refractivity contribution in [2.75, 3.05) is 14.1 Å². The van der Waals surface area contributed by atoms with Crippen molar-refractivity contribution in [1.82, 2.24) is 19.6 Å². The number of amides is 1. The Morgan fingerprint density at radius 3 is 2.32 bits per heavy atom. The third-order valence-corrected chi connectivity index (χ3v) is 5.95. The van der Waals surface area contributed by atoms with Gasteiger partial charge < -0.3 is 5.32 Å². The Morgan fingerprint density at radius 1 is 1.00 bits per heavy atom. The molecule has 0 bridgehead atoms. The number of hydrogen-bond donors (Lipinski definition) is 1. The first kappa shape index (κ1) is 19.7. The summed E-state index contributed by atoms with van der Waals surface area (Å²) in [4.78, 5) is 20.9. The highest BCUT2D eigenvalue weighted by molar-refractivity contribution is 7.89. The summed E-state index contributed by atoms with van der Waals surface area (Å²) < 4.78 is 25.3. The minimum atomic E-state index is -3.52. The van der Waals surface area contributed by atoms with E-state index >= 15 is 0 Å². The summed E-state index contributed by atoms with van der Waals surface area (Å²) >= 11 is 0. The highest BCUT2D eigenvalue weighted by atomic mass is 32.2. The van der Waals surface area contributed by atoms with Crippen LogP contribution in [0.1, 0.15) is 16.1 Å². The molecule has 1 heterocycles. The van der Waals surface area contributed by atoms with Gasteiger partial charge in [-0.2, -0.15) is 0 Å². The molecule has 0 saturated carbocycles. The first-order valence-corrected chi connectivity index (χ1v) is 9.99. The lowest BCUT2D eigenvalue weighted by Crippen LogP contribution is -2.24. The molecule has 0 fully saturated rings. The molecule has 1 amide bonds. The van der Waals surface area contributed by atoms with E-state index in [1.807, 2.05) is 36.4 Å². The average Bonchev–Trinajstić information content (AvgIpc) is 2.73. The van der Waals surface area contributed by atoms with Crippen LogP contribution in [0.25, 0.3) is 11.3 Å². The molecule has 0 aliphatic carbocycles. The summed E-state index contributed by atoms with van der Waals surface area (Å²) in [6, 6.07) is 17.3. The van der Waals surface area contributed by atoms with Crippen LogP contribution in [-0.2, 0) is 16.6 Å². The lowest BCUT2D eigenvalue weighted by Gasteiger charge is -2.11. The van der Waals surface area contributed by atoms with Crippen LogP contribution in [0, 0.1) is 0 Å². The van der Waals surface area contributed by atoms with E-state index in [4.69, 9.17) is 0 Å². The van der Waals surface area contributed by atoms with Crippen molar-refractivity contribution in [3.63, 3.8) is 0 Å². The standard InChI is InChI=1S/C20H20N4O3S/c1-24(2)28(26,27)18-10-8-16(9-11-18)20(25)21-13-17-12-19(23-14-22-17)15-6-4-3-5-7-15/h3-12,14H,13H2,1-2H3,(H,21,25). The highest BCUT2D eigenvalue weighted by Gasteiger charge is 2.17. The van der Waals surface area contributed by atoms with Crippen LogP contribution in [0.3, 0.4) is 0 Å². The molecule has 144 valence electrons. The molecule has 7 nitrogen and oxygen atoms in total. The normalized spacial score (nSPS) is 11.4. The smallest absolute Gasteiger partial charge is 0.251 e. The third-order valence-electron chi connectivity index (χ3n) is 4.12. The quantitative estimate of drug-likeness (QED) is 0.690. The Bertz CT molecular complexity index is 1070. The molecular formula is C20H20N4O3S. The van der Waals surface area contributed by atoms with Crippen LogP contribution in [0.15, 0.2) is 71.9 Å². The maximum absolute atomic E-state index is 12.4. The van der Waals surface area contributed by atoms with Gasteiger partial charge in [-0.3, -0.25) is 4.79 Å². The number of sulfonamides is 1. The van der Waals surface area contributed by atoms with Gasteiger partial charge in [0, 0.05) is 25.2 Å². The Balaban J connectivity index is 1.68. The van der Waals surface area contributed by atoms with Crippen LogP contribution in [0.2, 0.25) is 0 Å². The fourth-order valence-corrected chi connectivity index (χ4v) is 3.42. The molecule has 3 aromatic rings. The summed E-state index contributed by atoms with van der Waals surface area (Å²) in [5, 5.41) is 2.79. The number of aromatic nitrogens is 2. The molecule has 1 N–H and O–H groups in total. The van der Waals surface area contributed by atoms with Gasteiger partial charge in [0.2, 0.25) is 10.0 Å². The molecular weight excluding hydrogens is 376 g/mol. The first-order chi connectivity index (χ1) is 13.4. The molecule has 2 aromatic carbocycles. The van der Waals surface area contributed by atoms with Crippen LogP contribution < -0.4 is 5.32 Å². The fraction of sp³-hybridized carbons (Fsp3) is 0.150. The number of nitrogens with zero attached hydrogens (tertiary/aromatic N) is 3. The number of nitrogens with one attached hydrogen (secondary N) is 1. The monoisotopic (exact) mass is 396 g/mol. The lowest BCUT2D eigenvalue weighted by atomic mass is 10.1. The number of carbonyl (C=O) groups excluding carboxylic acids is 1. The summed E-state index contributed by atoms with van der Waals surface area (Å²) in [7, 11) is -0.602. The van der Waals surface area contributed by atoms with Gasteiger partial charge >= 0.3 is 0 Å². The van der Waals surface area contributed by atoms with E-state index in [9.17, 15) is 13.2 Å². The van der Waals surface area contributed by atoms with Crippen LogP contribution in [-0.4, -0.2) is 42.7 Å². The predicted octanol–water partition coefficient (Wildman–Crippen LogP) is 2.32. The Kier molecular flexibility index (Phi) is 5.81. The van der Waals surface area contributed by atoms with E-state index in [0.717, 1.165) is 15.6 Å². The zero-order valence-corrected chi connectivity index (χ0v) is 16.3. The molecule has 28 heavy (non-hydrogen) atoms. The second-order valence-corrected chi connectivity index (χ2v) is 8.41. The topological polar surface area (TPSA) is 92.3 Å². The SMILES string of the molecule is CN(C)S(=O)(=O)c1ccc(C(=O)NCc2cc(-c3ccccc3)ncn2)cc1. The van der Waals surface area contributed by atoms with Crippen LogP contribution in [0.5, 0.6) is 0 Å². The minimum Gasteiger partial charge on any atom is -0.346 e. The highest BCUT2D eigenvalue weighted by Crippen LogP contribution is 2.16. The Labute approximate surface area is 164 Å². The maximum Gasteiger partial charge on any atom is 0.251 e. The molecule has 3 rings (SSSR count). The van der Waals surface area contributed by atoms with Crippen LogP contribution >= 0.6 is 0 Å². The summed E-state index contributed by atoms with van der Waals surface area (Å²) in [6.07, 6.45) is 1.46. The lowest BCUT2D eigenvalue weighted by molar-refractivity contribution is 0.0950. The van der Waals surface area contributed by atoms with E-state index in [0.29, 0.717) is 11.3 Å². The molecule has 1 aromatic heterocycles. The van der Waals surface area contributed by atoms with Gasteiger partial charge in [-0.1, -0.05) is 30.3 Å². The van der Waals surface area contributed by atoms with Crippen molar-refractivity contribution in [2.45, 2.75) is 11.4 Å². The fourth-order valence-electron chi connectivity index (χ4n) is 2.52. The molecule has 0 saturated heterocycles. The van der Waals surface area contributed by atoms with Crippen molar-refractivity contribution in [3.8, 4) is 11.3 Å². The van der Waals surface area contributed by atoms with E-state index < -0.39 is 10.0 Å². The molecule has 0 aliphatic heterocycles. The Hall–Kier alpha value is -3.10. The second kappa shape index (κ2) is 8.28. The summed E-state index contributed by atoms with van der Waals surface area (Å²) in [5.41, 5.74) is 2.79. The zero-order chi connectivity index (χ0) is 20.1. The maximum atomic E-state index is 12.4. The molecule has 0 unspecified atom stereocenters. The van der Waals surface area contributed by atoms with E-state index in [1.54, 1.807) is 0 Å². The second-order valence-electron chi connectivity index (χ2n) is 6.26. The summed E-state index contributed by atoms with van der Waals surface area (Å²) in [6.45, 7) is 0.235. The minimum absolute atomic E-state index is 0.136. The van der Waals surface area contributed by atoms with Crippen molar-refractivity contribution >= 4 is 15.9 Å². The van der Waals surface area contributed by atoms with E-state index in [1.165, 1.54) is 44.7 Å². The van der Waals surface area contributed by atoms with Gasteiger partial charge in [0.05, 0.1) is 22.8 Å². The molecule has 0 aliphatic rings. The van der Waals surface area contributed by atoms with Gasteiger partial charge in [0.1, 0.15) is 6.33 Å². The number of benzene rings is 2. The molecule has 0 atom stereocenters. The molecule has 0 radical (unpaired) electrons. The van der Waals surface area contributed by atoms with Crippen LogP contribution in [0.4, 0.5) is 0 Å². The number of rotatable bonds is 6. The van der Waals surface area contributed by atoms with E-state index in [2.05, 4.69) is 15.3 Å². The first-order valence-electron chi connectivity index (χ1n) is 8.55. The predicted molar refractivity (Wildman–Crippen MR) is 106 cm³/mol. The van der Waals surface area contributed by atoms with Crippen molar-refractivity contribution in [3.05, 3.63) is 78.2 Å². The largest absolute Gasteiger partial charge is 0.346 e. The van der Waals surface area contributed by atoms with Gasteiger partial charge in [0.15, 0.2) is 0 Å². The Morgan fingerprint density at radius 2 is 1.68 bits per heavy atom. The molecule has 8 heteroatoms. The average molecular weight is 396 g/mol. The number of hydrogen-bond acceptors (Lipinski definition) is 5. The van der Waals surface area contributed by atoms with Crippen molar-refractivity contribution in [2.24, 2.45) is 0 Å². The number of carbonyl (C=O) groups is 1. The zero-order valence-electron chi connectivity index (χ0n) is 15.5. The van der Waals surface area contributed by atoms with Gasteiger partial charge in [-0.25, -0.2) is 22.7 Å².